The van der Waals surface area contributed by atoms with Gasteiger partial charge in [0.25, 0.3) is 5.91 Å². The minimum absolute atomic E-state index is 0.0975. The molecule has 134 valence electrons. The summed E-state index contributed by atoms with van der Waals surface area (Å²) in [5.41, 5.74) is 1.35. The number of amides is 1. The van der Waals surface area contributed by atoms with Gasteiger partial charge in [-0.1, -0.05) is 43.6 Å². The second kappa shape index (κ2) is 7.98. The first kappa shape index (κ1) is 18.5. The van der Waals surface area contributed by atoms with Gasteiger partial charge >= 0.3 is 0 Å². The van der Waals surface area contributed by atoms with Crippen LogP contribution in [0.25, 0.3) is 6.08 Å². The highest BCUT2D eigenvalue weighted by Gasteiger charge is 2.33. The lowest BCUT2D eigenvalue weighted by atomic mass is 10.1. The molecule has 1 N–H and O–H groups in total. The Kier molecular flexibility index (Phi) is 5.69. The fraction of sp³-hybridized carbons (Fsp3) is 0.200. The molecule has 2 aromatic carbocycles. The Morgan fingerprint density at radius 1 is 1.19 bits per heavy atom. The van der Waals surface area contributed by atoms with E-state index >= 15 is 0 Å². The minimum Gasteiger partial charge on any atom is -0.507 e. The average molecular weight is 387 g/mol. The Hall–Kier alpha value is -2.24. The van der Waals surface area contributed by atoms with Crippen LogP contribution in [0, 0.1) is 5.92 Å². The summed E-state index contributed by atoms with van der Waals surface area (Å²) in [4.78, 5) is 19.7. The first-order chi connectivity index (χ1) is 12.4. The zero-order chi connectivity index (χ0) is 18.7. The molecule has 0 aromatic heterocycles. The third kappa shape index (κ3) is 4.29. The van der Waals surface area contributed by atoms with E-state index in [-0.39, 0.29) is 11.7 Å². The van der Waals surface area contributed by atoms with Crippen molar-refractivity contribution in [1.82, 2.24) is 4.90 Å². The largest absolute Gasteiger partial charge is 0.507 e. The van der Waals surface area contributed by atoms with Gasteiger partial charge in [-0.25, -0.2) is 4.99 Å². The molecule has 1 fully saturated rings. The number of halogens is 1. The first-order valence-electron chi connectivity index (χ1n) is 8.27. The van der Waals surface area contributed by atoms with Crippen LogP contribution in [0.4, 0.5) is 5.69 Å². The molecule has 0 radical (unpaired) electrons. The predicted octanol–water partition coefficient (Wildman–Crippen LogP) is 5.31. The van der Waals surface area contributed by atoms with Crippen molar-refractivity contribution in [1.29, 1.82) is 0 Å². The Morgan fingerprint density at radius 3 is 2.54 bits per heavy atom. The Labute approximate surface area is 162 Å². The van der Waals surface area contributed by atoms with Crippen molar-refractivity contribution < 1.29 is 9.90 Å². The van der Waals surface area contributed by atoms with E-state index in [2.05, 4.69) is 18.8 Å². The SMILES string of the molecule is CC(C)CN1C(=O)/C(=C/c2ccccc2O)SC1=Nc1ccc(Cl)cc1. The molecule has 1 aliphatic heterocycles. The summed E-state index contributed by atoms with van der Waals surface area (Å²) in [6.07, 6.45) is 1.71. The smallest absolute Gasteiger partial charge is 0.266 e. The second-order valence-corrected chi connectivity index (χ2v) is 7.80. The van der Waals surface area contributed by atoms with Crippen molar-refractivity contribution in [3.05, 3.63) is 64.0 Å². The van der Waals surface area contributed by atoms with Crippen molar-refractivity contribution in [2.45, 2.75) is 13.8 Å². The van der Waals surface area contributed by atoms with E-state index in [0.29, 0.717) is 33.1 Å². The minimum atomic E-state index is -0.0975. The molecule has 1 heterocycles. The quantitative estimate of drug-likeness (QED) is 0.725. The molecule has 3 rings (SSSR count). The highest BCUT2D eigenvalue weighted by atomic mass is 35.5. The number of aromatic hydroxyl groups is 1. The van der Waals surface area contributed by atoms with Crippen molar-refractivity contribution in [3.63, 3.8) is 0 Å². The first-order valence-corrected chi connectivity index (χ1v) is 9.47. The van der Waals surface area contributed by atoms with Crippen LogP contribution in [0.2, 0.25) is 5.02 Å². The number of hydrogen-bond acceptors (Lipinski definition) is 4. The number of rotatable bonds is 4. The highest BCUT2D eigenvalue weighted by Crippen LogP contribution is 2.35. The van der Waals surface area contributed by atoms with Crippen LogP contribution in [0.3, 0.4) is 0 Å². The number of carbonyl (C=O) groups is 1. The number of nitrogens with zero attached hydrogens (tertiary/aromatic N) is 2. The third-order valence-electron chi connectivity index (χ3n) is 3.71. The molecule has 6 heteroatoms. The number of aliphatic imine (C=N–C) groups is 1. The zero-order valence-electron chi connectivity index (χ0n) is 14.5. The third-order valence-corrected chi connectivity index (χ3v) is 4.97. The number of carbonyl (C=O) groups excluding carboxylic acids is 1. The van der Waals surface area contributed by atoms with Crippen molar-refractivity contribution in [2.75, 3.05) is 6.54 Å². The summed E-state index contributed by atoms with van der Waals surface area (Å²) in [7, 11) is 0. The molecule has 0 unspecified atom stereocenters. The van der Waals surface area contributed by atoms with Crippen LogP contribution in [0.1, 0.15) is 19.4 Å². The molecule has 1 amide bonds. The zero-order valence-corrected chi connectivity index (χ0v) is 16.1. The van der Waals surface area contributed by atoms with Gasteiger partial charge in [-0.05, 0) is 54.1 Å². The van der Waals surface area contributed by atoms with Crippen molar-refractivity contribution in [3.8, 4) is 5.75 Å². The van der Waals surface area contributed by atoms with Gasteiger partial charge in [0, 0.05) is 17.1 Å². The lowest BCUT2D eigenvalue weighted by Crippen LogP contribution is -2.32. The molecule has 0 bridgehead atoms. The number of amidine groups is 1. The maximum absolute atomic E-state index is 12.9. The highest BCUT2D eigenvalue weighted by molar-refractivity contribution is 8.18. The fourth-order valence-electron chi connectivity index (χ4n) is 2.49. The van der Waals surface area contributed by atoms with Crippen LogP contribution in [0.15, 0.2) is 58.4 Å². The van der Waals surface area contributed by atoms with Gasteiger partial charge in [-0.15, -0.1) is 0 Å². The lowest BCUT2D eigenvalue weighted by molar-refractivity contribution is -0.122. The molecule has 0 aliphatic carbocycles. The van der Waals surface area contributed by atoms with Gasteiger partial charge < -0.3 is 5.11 Å². The topological polar surface area (TPSA) is 52.9 Å². The van der Waals surface area contributed by atoms with E-state index in [1.54, 1.807) is 41.3 Å². The van der Waals surface area contributed by atoms with E-state index < -0.39 is 0 Å². The molecule has 26 heavy (non-hydrogen) atoms. The van der Waals surface area contributed by atoms with E-state index in [9.17, 15) is 9.90 Å². The van der Waals surface area contributed by atoms with E-state index in [4.69, 9.17) is 11.6 Å². The number of phenolic OH excluding ortho intramolecular Hbond substituents is 1. The molecule has 1 saturated heterocycles. The Bertz CT molecular complexity index is 876. The van der Waals surface area contributed by atoms with Crippen LogP contribution < -0.4 is 0 Å². The van der Waals surface area contributed by atoms with E-state index in [1.165, 1.54) is 11.8 Å². The fourth-order valence-corrected chi connectivity index (χ4v) is 3.62. The summed E-state index contributed by atoms with van der Waals surface area (Å²) in [6.45, 7) is 4.70. The summed E-state index contributed by atoms with van der Waals surface area (Å²) in [6, 6.07) is 14.1. The second-order valence-electron chi connectivity index (χ2n) is 6.35. The van der Waals surface area contributed by atoms with Crippen LogP contribution in [-0.4, -0.2) is 27.6 Å². The van der Waals surface area contributed by atoms with Gasteiger partial charge in [-0.2, -0.15) is 0 Å². The van der Waals surface area contributed by atoms with Gasteiger partial charge in [0.2, 0.25) is 0 Å². The molecular weight excluding hydrogens is 368 g/mol. The molecule has 4 nitrogen and oxygen atoms in total. The lowest BCUT2D eigenvalue weighted by Gasteiger charge is -2.17. The monoisotopic (exact) mass is 386 g/mol. The molecule has 1 aliphatic rings. The standard InChI is InChI=1S/C20H19ClN2O2S/c1-13(2)12-23-19(25)18(11-14-5-3-4-6-17(14)24)26-20(23)22-16-9-7-15(21)8-10-16/h3-11,13,24H,12H2,1-2H3/b18-11-,22-20?. The van der Waals surface area contributed by atoms with Gasteiger partial charge in [0.1, 0.15) is 5.75 Å². The van der Waals surface area contributed by atoms with Crippen LogP contribution >= 0.6 is 23.4 Å². The number of benzene rings is 2. The summed E-state index contributed by atoms with van der Waals surface area (Å²) >= 11 is 7.24. The summed E-state index contributed by atoms with van der Waals surface area (Å²) < 4.78 is 0. The van der Waals surface area contributed by atoms with Gasteiger partial charge in [0.15, 0.2) is 5.17 Å². The maximum atomic E-state index is 12.9. The number of phenols is 1. The molecular formula is C20H19ClN2O2S. The van der Waals surface area contributed by atoms with Crippen LogP contribution in [0.5, 0.6) is 5.75 Å². The molecule has 0 atom stereocenters. The molecule has 0 saturated carbocycles. The summed E-state index contributed by atoms with van der Waals surface area (Å²) in [5.74, 6) is 0.353. The Balaban J connectivity index is 1.97. The number of para-hydroxylation sites is 1. The predicted molar refractivity (Wildman–Crippen MR) is 109 cm³/mol. The summed E-state index contributed by atoms with van der Waals surface area (Å²) in [5, 5.41) is 11.2. The molecule has 0 spiro atoms. The average Bonchev–Trinajstić information content (AvgIpc) is 2.87. The van der Waals surface area contributed by atoms with E-state index in [1.807, 2.05) is 18.2 Å². The number of hydrogen-bond donors (Lipinski definition) is 1. The maximum Gasteiger partial charge on any atom is 0.266 e. The van der Waals surface area contributed by atoms with E-state index in [0.717, 1.165) is 5.69 Å². The van der Waals surface area contributed by atoms with Gasteiger partial charge in [-0.3, -0.25) is 9.69 Å². The van der Waals surface area contributed by atoms with Crippen molar-refractivity contribution in [2.24, 2.45) is 10.9 Å². The van der Waals surface area contributed by atoms with Crippen LogP contribution in [-0.2, 0) is 4.79 Å². The number of thioether (sulfide) groups is 1. The Morgan fingerprint density at radius 2 is 1.88 bits per heavy atom. The normalized spacial score (nSPS) is 17.7. The van der Waals surface area contributed by atoms with Gasteiger partial charge in [0.05, 0.1) is 10.6 Å². The molecule has 2 aromatic rings. The van der Waals surface area contributed by atoms with Crippen molar-refractivity contribution >= 4 is 46.2 Å².